The van der Waals surface area contributed by atoms with Crippen LogP contribution in [0.5, 0.6) is 5.75 Å². The Morgan fingerprint density at radius 1 is 1.18 bits per heavy atom. The number of nitrogens with zero attached hydrogens (tertiary/aromatic N) is 1. The summed E-state index contributed by atoms with van der Waals surface area (Å²) in [6.45, 7) is 0.311. The number of phenolic OH excluding ortho intramolecular Hbond substituents is 1. The van der Waals surface area contributed by atoms with Crippen molar-refractivity contribution in [2.45, 2.75) is 10.8 Å². The van der Waals surface area contributed by atoms with E-state index in [0.717, 1.165) is 16.9 Å². The zero-order valence-electron chi connectivity index (χ0n) is 14.8. The highest BCUT2D eigenvalue weighted by Gasteiger charge is 2.19. The van der Waals surface area contributed by atoms with Gasteiger partial charge in [0.1, 0.15) is 9.96 Å². The van der Waals surface area contributed by atoms with Gasteiger partial charge in [-0.1, -0.05) is 29.8 Å². The van der Waals surface area contributed by atoms with Crippen LogP contribution >= 0.6 is 22.9 Å². The molecule has 0 aliphatic carbocycles. The molecule has 3 rings (SSSR count). The van der Waals surface area contributed by atoms with E-state index in [1.165, 1.54) is 29.2 Å². The van der Waals surface area contributed by atoms with E-state index in [9.17, 15) is 18.3 Å². The maximum atomic E-state index is 12.6. The lowest BCUT2D eigenvalue weighted by molar-refractivity contribution is 0.0782. The molecule has 2 aromatic carbocycles. The number of thiophene rings is 1. The molecule has 146 valence electrons. The molecule has 0 saturated heterocycles. The molecule has 0 fully saturated rings. The van der Waals surface area contributed by atoms with Crippen LogP contribution in [0.25, 0.3) is 0 Å². The summed E-state index contributed by atoms with van der Waals surface area (Å²) in [7, 11) is -2.12. The standard InChI is InChI=1S/C19H17ClN2O4S2/c1-22(12-13-4-2-5-14(20)10-13)19(24)16-8-7-15(11-17(16)23)21-28(25,26)18-6-3-9-27-18/h2-11,21,23H,12H2,1H3. The number of aromatic hydroxyl groups is 1. The van der Waals surface area contributed by atoms with Gasteiger partial charge in [0.25, 0.3) is 15.9 Å². The lowest BCUT2D eigenvalue weighted by Gasteiger charge is -2.18. The fraction of sp³-hybridized carbons (Fsp3) is 0.105. The molecule has 0 unspecified atom stereocenters. The average molecular weight is 437 g/mol. The summed E-state index contributed by atoms with van der Waals surface area (Å²) in [4.78, 5) is 14.1. The fourth-order valence-corrected chi connectivity index (χ4v) is 4.84. The molecule has 6 nitrogen and oxygen atoms in total. The number of nitrogens with one attached hydrogen (secondary N) is 1. The van der Waals surface area contributed by atoms with E-state index >= 15 is 0 Å². The van der Waals surface area contributed by atoms with Crippen LogP contribution < -0.4 is 4.72 Å². The Morgan fingerprint density at radius 2 is 1.96 bits per heavy atom. The van der Waals surface area contributed by atoms with Crippen molar-refractivity contribution in [1.82, 2.24) is 4.90 Å². The van der Waals surface area contributed by atoms with Gasteiger partial charge in [0.15, 0.2) is 0 Å². The van der Waals surface area contributed by atoms with E-state index in [-0.39, 0.29) is 21.2 Å². The molecule has 28 heavy (non-hydrogen) atoms. The summed E-state index contributed by atoms with van der Waals surface area (Å²) in [5.41, 5.74) is 1.09. The highest BCUT2D eigenvalue weighted by atomic mass is 35.5. The molecule has 0 saturated carbocycles. The van der Waals surface area contributed by atoms with Crippen LogP contribution in [0.2, 0.25) is 5.02 Å². The SMILES string of the molecule is CN(Cc1cccc(Cl)c1)C(=O)c1ccc(NS(=O)(=O)c2cccs2)cc1O. The van der Waals surface area contributed by atoms with Crippen molar-refractivity contribution in [2.24, 2.45) is 0 Å². The third kappa shape index (κ3) is 4.64. The Morgan fingerprint density at radius 3 is 2.61 bits per heavy atom. The van der Waals surface area contributed by atoms with Crippen LogP contribution in [-0.4, -0.2) is 31.4 Å². The minimum atomic E-state index is -3.73. The topological polar surface area (TPSA) is 86.7 Å². The van der Waals surface area contributed by atoms with Crippen molar-refractivity contribution in [3.05, 3.63) is 76.1 Å². The monoisotopic (exact) mass is 436 g/mol. The second-order valence-electron chi connectivity index (χ2n) is 6.06. The molecule has 0 aliphatic rings. The molecular formula is C19H17ClN2O4S2. The third-order valence-electron chi connectivity index (χ3n) is 3.90. The molecule has 2 N–H and O–H groups in total. The number of halogens is 1. The first-order valence-electron chi connectivity index (χ1n) is 8.15. The summed E-state index contributed by atoms with van der Waals surface area (Å²) >= 11 is 7.04. The molecule has 1 amide bonds. The predicted octanol–water partition coefficient (Wildman–Crippen LogP) is 4.18. The zero-order valence-corrected chi connectivity index (χ0v) is 17.2. The molecule has 0 bridgehead atoms. The largest absolute Gasteiger partial charge is 0.507 e. The van der Waals surface area contributed by atoms with Crippen molar-refractivity contribution < 1.29 is 18.3 Å². The van der Waals surface area contributed by atoms with E-state index in [4.69, 9.17) is 11.6 Å². The van der Waals surface area contributed by atoms with Gasteiger partial charge in [-0.3, -0.25) is 9.52 Å². The van der Waals surface area contributed by atoms with Crippen LogP contribution in [0.1, 0.15) is 15.9 Å². The quantitative estimate of drug-likeness (QED) is 0.606. The van der Waals surface area contributed by atoms with E-state index in [0.29, 0.717) is 11.6 Å². The minimum absolute atomic E-state index is 0.0728. The number of amides is 1. The van der Waals surface area contributed by atoms with Crippen LogP contribution in [-0.2, 0) is 16.6 Å². The van der Waals surface area contributed by atoms with Gasteiger partial charge in [-0.25, -0.2) is 8.42 Å². The molecule has 9 heteroatoms. The number of carbonyl (C=O) groups is 1. The number of hydrogen-bond donors (Lipinski definition) is 2. The van der Waals surface area contributed by atoms with E-state index in [2.05, 4.69) is 4.72 Å². The van der Waals surface area contributed by atoms with Gasteiger partial charge in [0, 0.05) is 24.7 Å². The number of carbonyl (C=O) groups excluding carboxylic acids is 1. The summed E-state index contributed by atoms with van der Waals surface area (Å²) in [5, 5.41) is 12.5. The fourth-order valence-electron chi connectivity index (χ4n) is 2.58. The van der Waals surface area contributed by atoms with Crippen LogP contribution in [0.4, 0.5) is 5.69 Å². The average Bonchev–Trinajstić information content (AvgIpc) is 3.16. The first kappa shape index (κ1) is 20.2. The van der Waals surface area contributed by atoms with Crippen molar-refractivity contribution in [3.8, 4) is 5.75 Å². The number of anilines is 1. The lowest BCUT2D eigenvalue weighted by atomic mass is 10.1. The molecule has 0 aliphatic heterocycles. The van der Waals surface area contributed by atoms with E-state index < -0.39 is 15.9 Å². The minimum Gasteiger partial charge on any atom is -0.507 e. The Balaban J connectivity index is 1.75. The number of phenols is 1. The molecule has 3 aromatic rings. The van der Waals surface area contributed by atoms with E-state index in [1.54, 1.807) is 36.7 Å². The van der Waals surface area contributed by atoms with Gasteiger partial charge in [0.05, 0.1) is 11.3 Å². The number of rotatable bonds is 6. The van der Waals surface area contributed by atoms with Gasteiger partial charge >= 0.3 is 0 Å². The zero-order chi connectivity index (χ0) is 20.3. The Bertz CT molecular complexity index is 1100. The highest BCUT2D eigenvalue weighted by molar-refractivity contribution is 7.94. The molecule has 0 radical (unpaired) electrons. The van der Waals surface area contributed by atoms with E-state index in [1.807, 2.05) is 6.07 Å². The van der Waals surface area contributed by atoms with Gasteiger partial charge < -0.3 is 10.0 Å². The number of benzene rings is 2. The molecule has 0 spiro atoms. The third-order valence-corrected chi connectivity index (χ3v) is 6.91. The number of hydrogen-bond acceptors (Lipinski definition) is 5. The van der Waals surface area contributed by atoms with Crippen LogP contribution in [0.15, 0.2) is 64.2 Å². The smallest absolute Gasteiger partial charge is 0.271 e. The first-order valence-corrected chi connectivity index (χ1v) is 10.9. The first-order chi connectivity index (χ1) is 13.3. The second kappa shape index (κ2) is 8.22. The highest BCUT2D eigenvalue weighted by Crippen LogP contribution is 2.26. The Kier molecular flexibility index (Phi) is 5.93. The normalized spacial score (nSPS) is 11.2. The maximum absolute atomic E-state index is 12.6. The van der Waals surface area contributed by atoms with Gasteiger partial charge in [-0.05, 0) is 41.3 Å². The molecule has 1 heterocycles. The second-order valence-corrected chi connectivity index (χ2v) is 9.35. The van der Waals surface area contributed by atoms with Crippen LogP contribution in [0.3, 0.4) is 0 Å². The summed E-state index contributed by atoms with van der Waals surface area (Å²) < 4.78 is 27.1. The molecule has 0 atom stereocenters. The maximum Gasteiger partial charge on any atom is 0.271 e. The Hall–Kier alpha value is -2.55. The predicted molar refractivity (Wildman–Crippen MR) is 110 cm³/mol. The molecular weight excluding hydrogens is 420 g/mol. The lowest BCUT2D eigenvalue weighted by Crippen LogP contribution is -2.26. The Labute approximate surface area is 172 Å². The van der Waals surface area contributed by atoms with Crippen molar-refractivity contribution >= 4 is 44.6 Å². The van der Waals surface area contributed by atoms with Crippen LogP contribution in [0, 0.1) is 0 Å². The van der Waals surface area contributed by atoms with Crippen molar-refractivity contribution in [1.29, 1.82) is 0 Å². The summed E-state index contributed by atoms with van der Waals surface area (Å²) in [6, 6.07) is 14.3. The van der Waals surface area contributed by atoms with Gasteiger partial charge in [-0.15, -0.1) is 11.3 Å². The van der Waals surface area contributed by atoms with Crippen molar-refractivity contribution in [2.75, 3.05) is 11.8 Å². The van der Waals surface area contributed by atoms with Crippen molar-refractivity contribution in [3.63, 3.8) is 0 Å². The summed E-state index contributed by atoms with van der Waals surface area (Å²) in [6.07, 6.45) is 0. The molecule has 1 aromatic heterocycles. The number of sulfonamides is 1. The van der Waals surface area contributed by atoms with Gasteiger partial charge in [-0.2, -0.15) is 0 Å². The summed E-state index contributed by atoms with van der Waals surface area (Å²) in [5.74, 6) is -0.709. The van der Waals surface area contributed by atoms with Gasteiger partial charge in [0.2, 0.25) is 0 Å².